The Balaban J connectivity index is 0.00000242. The predicted octanol–water partition coefficient (Wildman–Crippen LogP) is 2.94. The Kier molecular flexibility index (Phi) is 8.14. The number of halogens is 3. The van der Waals surface area contributed by atoms with Gasteiger partial charge in [-0.1, -0.05) is 0 Å². The molecule has 124 valence electrons. The monoisotopic (exact) mass is 350 g/mol. The van der Waals surface area contributed by atoms with E-state index in [1.807, 2.05) is 11.9 Å². The van der Waals surface area contributed by atoms with E-state index in [0.717, 1.165) is 44.6 Å². The SMILES string of the molecule is CNCC1CCN(C(=O)CSc2ccc(F)c(F)c2)CC1.Cl. The maximum absolute atomic E-state index is 13.1. The zero-order chi connectivity index (χ0) is 15.2. The van der Waals surface area contributed by atoms with Crippen LogP contribution in [0.1, 0.15) is 12.8 Å². The molecule has 7 heteroatoms. The number of nitrogens with one attached hydrogen (secondary N) is 1. The molecule has 1 saturated heterocycles. The molecule has 0 unspecified atom stereocenters. The van der Waals surface area contributed by atoms with Crippen molar-refractivity contribution >= 4 is 30.1 Å². The fraction of sp³-hybridized carbons (Fsp3) is 0.533. The van der Waals surface area contributed by atoms with E-state index in [0.29, 0.717) is 10.8 Å². The van der Waals surface area contributed by atoms with Crippen molar-refractivity contribution in [3.8, 4) is 0 Å². The Morgan fingerprint density at radius 3 is 2.59 bits per heavy atom. The number of rotatable bonds is 5. The van der Waals surface area contributed by atoms with Crippen LogP contribution in [-0.2, 0) is 4.79 Å². The summed E-state index contributed by atoms with van der Waals surface area (Å²) in [5, 5.41) is 3.16. The number of amides is 1. The summed E-state index contributed by atoms with van der Waals surface area (Å²) in [6.07, 6.45) is 2.03. The number of thioether (sulfide) groups is 1. The minimum Gasteiger partial charge on any atom is -0.342 e. The molecule has 1 aliphatic heterocycles. The van der Waals surface area contributed by atoms with Crippen molar-refractivity contribution < 1.29 is 13.6 Å². The molecule has 2 rings (SSSR count). The van der Waals surface area contributed by atoms with Crippen LogP contribution in [-0.4, -0.2) is 43.2 Å². The van der Waals surface area contributed by atoms with Crippen LogP contribution in [0, 0.1) is 17.6 Å². The van der Waals surface area contributed by atoms with E-state index < -0.39 is 11.6 Å². The molecule has 1 aromatic carbocycles. The lowest BCUT2D eigenvalue weighted by molar-refractivity contribution is -0.129. The molecule has 1 amide bonds. The van der Waals surface area contributed by atoms with Crippen LogP contribution in [0.3, 0.4) is 0 Å². The number of nitrogens with zero attached hydrogens (tertiary/aromatic N) is 1. The third kappa shape index (κ3) is 5.41. The first-order valence-corrected chi connectivity index (χ1v) is 8.09. The lowest BCUT2D eigenvalue weighted by atomic mass is 9.97. The van der Waals surface area contributed by atoms with Gasteiger partial charge in [-0.05, 0) is 50.6 Å². The van der Waals surface area contributed by atoms with Crippen LogP contribution >= 0.6 is 24.2 Å². The average Bonchev–Trinajstić information content (AvgIpc) is 2.49. The van der Waals surface area contributed by atoms with Crippen LogP contribution in [0.25, 0.3) is 0 Å². The molecule has 1 N–H and O–H groups in total. The van der Waals surface area contributed by atoms with E-state index in [-0.39, 0.29) is 24.1 Å². The zero-order valence-electron chi connectivity index (χ0n) is 12.5. The van der Waals surface area contributed by atoms with Gasteiger partial charge in [0.05, 0.1) is 5.75 Å². The molecule has 0 radical (unpaired) electrons. The van der Waals surface area contributed by atoms with Gasteiger partial charge in [0.1, 0.15) is 0 Å². The van der Waals surface area contributed by atoms with E-state index in [2.05, 4.69) is 5.32 Å². The van der Waals surface area contributed by atoms with Gasteiger partial charge < -0.3 is 10.2 Å². The molecule has 0 aliphatic carbocycles. The molecular formula is C15H21ClF2N2OS. The number of carbonyl (C=O) groups is 1. The molecule has 0 saturated carbocycles. The maximum Gasteiger partial charge on any atom is 0.232 e. The van der Waals surface area contributed by atoms with Gasteiger partial charge >= 0.3 is 0 Å². The number of hydrogen-bond donors (Lipinski definition) is 1. The molecule has 0 spiro atoms. The summed E-state index contributed by atoms with van der Waals surface area (Å²) in [7, 11) is 1.94. The first-order valence-electron chi connectivity index (χ1n) is 7.10. The lowest BCUT2D eigenvalue weighted by Gasteiger charge is -2.31. The highest BCUT2D eigenvalue weighted by atomic mass is 35.5. The Morgan fingerprint density at radius 1 is 1.32 bits per heavy atom. The minimum atomic E-state index is -0.875. The Labute approximate surface area is 140 Å². The smallest absolute Gasteiger partial charge is 0.232 e. The molecule has 1 fully saturated rings. The van der Waals surface area contributed by atoms with Gasteiger partial charge in [0, 0.05) is 18.0 Å². The minimum absolute atomic E-state index is 0. The molecular weight excluding hydrogens is 330 g/mol. The third-order valence-corrected chi connectivity index (χ3v) is 4.69. The van der Waals surface area contributed by atoms with Gasteiger partial charge in [0.15, 0.2) is 11.6 Å². The van der Waals surface area contributed by atoms with Crippen LogP contribution < -0.4 is 5.32 Å². The Morgan fingerprint density at radius 2 is 2.00 bits per heavy atom. The standard InChI is InChI=1S/C15H20F2N2OS.ClH/c1-18-9-11-4-6-19(7-5-11)15(20)10-21-12-2-3-13(16)14(17)8-12;/h2-3,8,11,18H,4-7,9-10H2,1H3;1H. The number of carbonyl (C=O) groups excluding carboxylic acids is 1. The lowest BCUT2D eigenvalue weighted by Crippen LogP contribution is -2.41. The summed E-state index contributed by atoms with van der Waals surface area (Å²) >= 11 is 1.25. The summed E-state index contributed by atoms with van der Waals surface area (Å²) in [5.41, 5.74) is 0. The quantitative estimate of drug-likeness (QED) is 0.829. The number of hydrogen-bond acceptors (Lipinski definition) is 3. The van der Waals surface area contributed by atoms with Crippen LogP contribution in [0.5, 0.6) is 0 Å². The molecule has 1 heterocycles. The van der Waals surface area contributed by atoms with E-state index in [1.165, 1.54) is 17.8 Å². The van der Waals surface area contributed by atoms with Gasteiger partial charge in [-0.25, -0.2) is 8.78 Å². The highest BCUT2D eigenvalue weighted by Gasteiger charge is 2.22. The maximum atomic E-state index is 13.1. The highest BCUT2D eigenvalue weighted by molar-refractivity contribution is 8.00. The number of likely N-dealkylation sites (tertiary alicyclic amines) is 1. The van der Waals surface area contributed by atoms with Gasteiger partial charge in [-0.3, -0.25) is 4.79 Å². The van der Waals surface area contributed by atoms with E-state index in [9.17, 15) is 13.6 Å². The van der Waals surface area contributed by atoms with E-state index >= 15 is 0 Å². The molecule has 0 bridgehead atoms. The Hall–Kier alpha value is -0.850. The third-order valence-electron chi connectivity index (χ3n) is 3.71. The summed E-state index contributed by atoms with van der Waals surface area (Å²) in [4.78, 5) is 14.5. The van der Waals surface area contributed by atoms with Gasteiger partial charge in [-0.15, -0.1) is 24.2 Å². The van der Waals surface area contributed by atoms with E-state index in [4.69, 9.17) is 0 Å². The van der Waals surface area contributed by atoms with Crippen molar-refractivity contribution in [2.75, 3.05) is 32.4 Å². The molecule has 3 nitrogen and oxygen atoms in total. The molecule has 0 aromatic heterocycles. The van der Waals surface area contributed by atoms with Gasteiger partial charge in [0.25, 0.3) is 0 Å². The highest BCUT2D eigenvalue weighted by Crippen LogP contribution is 2.22. The second-order valence-corrected chi connectivity index (χ2v) is 6.30. The second kappa shape index (κ2) is 9.33. The van der Waals surface area contributed by atoms with Crippen LogP contribution in [0.2, 0.25) is 0 Å². The first-order chi connectivity index (χ1) is 10.1. The van der Waals surface area contributed by atoms with Crippen LogP contribution in [0.15, 0.2) is 23.1 Å². The van der Waals surface area contributed by atoms with Crippen LogP contribution in [0.4, 0.5) is 8.78 Å². The summed E-state index contributed by atoms with van der Waals surface area (Å²) in [5.74, 6) is -0.773. The largest absolute Gasteiger partial charge is 0.342 e. The van der Waals surface area contributed by atoms with Crippen molar-refractivity contribution in [2.24, 2.45) is 5.92 Å². The zero-order valence-corrected chi connectivity index (χ0v) is 14.1. The second-order valence-electron chi connectivity index (χ2n) is 5.25. The topological polar surface area (TPSA) is 32.3 Å². The fourth-order valence-corrected chi connectivity index (χ4v) is 3.30. The van der Waals surface area contributed by atoms with Crippen molar-refractivity contribution in [1.82, 2.24) is 10.2 Å². The predicted molar refractivity (Wildman–Crippen MR) is 87.6 cm³/mol. The van der Waals surface area contributed by atoms with Crippen molar-refractivity contribution in [3.05, 3.63) is 29.8 Å². The van der Waals surface area contributed by atoms with Crippen molar-refractivity contribution in [2.45, 2.75) is 17.7 Å². The fourth-order valence-electron chi connectivity index (χ4n) is 2.48. The van der Waals surface area contributed by atoms with Crippen molar-refractivity contribution in [1.29, 1.82) is 0 Å². The van der Waals surface area contributed by atoms with E-state index in [1.54, 1.807) is 0 Å². The normalized spacial score (nSPS) is 15.5. The van der Waals surface area contributed by atoms with Gasteiger partial charge in [0.2, 0.25) is 5.91 Å². The summed E-state index contributed by atoms with van der Waals surface area (Å²) in [6.45, 7) is 2.55. The molecule has 0 atom stereocenters. The molecule has 1 aromatic rings. The first kappa shape index (κ1) is 19.2. The van der Waals surface area contributed by atoms with Crippen molar-refractivity contribution in [3.63, 3.8) is 0 Å². The summed E-state index contributed by atoms with van der Waals surface area (Å²) in [6, 6.07) is 3.72. The molecule has 1 aliphatic rings. The average molecular weight is 351 g/mol. The number of benzene rings is 1. The number of piperidine rings is 1. The Bertz CT molecular complexity index is 496. The summed E-state index contributed by atoms with van der Waals surface area (Å²) < 4.78 is 25.9. The molecule has 22 heavy (non-hydrogen) atoms. The van der Waals surface area contributed by atoms with Gasteiger partial charge in [-0.2, -0.15) is 0 Å².